The molecule has 1 aliphatic heterocycles. The molecule has 84 valence electrons. The summed E-state index contributed by atoms with van der Waals surface area (Å²) in [4.78, 5) is 18.8. The van der Waals surface area contributed by atoms with Crippen LogP contribution < -0.4 is 4.90 Å². The topological polar surface area (TPSA) is 33.2 Å². The van der Waals surface area contributed by atoms with Crippen LogP contribution in [-0.2, 0) is 0 Å². The molecule has 0 amide bonds. The second kappa shape index (κ2) is 4.94. The van der Waals surface area contributed by atoms with Gasteiger partial charge in [0.15, 0.2) is 10.9 Å². The van der Waals surface area contributed by atoms with E-state index >= 15 is 0 Å². The lowest BCUT2D eigenvalue weighted by molar-refractivity contribution is 0.102. The summed E-state index contributed by atoms with van der Waals surface area (Å²) in [6.07, 6.45) is 2.49. The number of carbonyl (C=O) groups excluding carboxylic acids is 1. The lowest BCUT2D eigenvalue weighted by Gasteiger charge is -2.11. The summed E-state index contributed by atoms with van der Waals surface area (Å²) < 4.78 is 0. The van der Waals surface area contributed by atoms with Crippen LogP contribution in [0.25, 0.3) is 0 Å². The van der Waals surface area contributed by atoms with Crippen LogP contribution in [0.1, 0.15) is 35.1 Å². The number of Topliss-reactive ketones (excluding diaryl/α,β-unsaturated/α-hetero) is 1. The van der Waals surface area contributed by atoms with Crippen molar-refractivity contribution in [3.05, 3.63) is 10.6 Å². The Balaban J connectivity index is 0.00000112. The van der Waals surface area contributed by atoms with Gasteiger partial charge in [0.2, 0.25) is 0 Å². The van der Waals surface area contributed by atoms with Crippen LogP contribution in [0.2, 0.25) is 0 Å². The molecule has 1 aromatic heterocycles. The molecule has 1 fully saturated rings. The van der Waals surface area contributed by atoms with E-state index in [2.05, 4.69) is 9.88 Å². The van der Waals surface area contributed by atoms with Gasteiger partial charge in [0.1, 0.15) is 0 Å². The van der Waals surface area contributed by atoms with Crippen molar-refractivity contribution in [3.63, 3.8) is 0 Å². The van der Waals surface area contributed by atoms with Gasteiger partial charge in [-0.15, -0.1) is 12.4 Å². The van der Waals surface area contributed by atoms with Gasteiger partial charge in [0, 0.05) is 20.0 Å². The number of hydrogen-bond acceptors (Lipinski definition) is 4. The second-order valence-electron chi connectivity index (χ2n) is 3.66. The molecule has 2 rings (SSSR count). The van der Waals surface area contributed by atoms with Crippen molar-refractivity contribution in [1.29, 1.82) is 0 Å². The Morgan fingerprint density at radius 1 is 1.40 bits per heavy atom. The first-order valence-corrected chi connectivity index (χ1v) is 5.73. The van der Waals surface area contributed by atoms with E-state index < -0.39 is 0 Å². The Labute approximate surface area is 99.9 Å². The second-order valence-corrected chi connectivity index (χ2v) is 4.64. The Bertz CT molecular complexity index is 358. The Kier molecular flexibility index (Phi) is 4.11. The van der Waals surface area contributed by atoms with E-state index in [1.54, 1.807) is 6.92 Å². The monoisotopic (exact) mass is 246 g/mol. The Hall–Kier alpha value is -0.610. The molecule has 0 saturated carbocycles. The number of aryl methyl sites for hydroxylation is 1. The fourth-order valence-corrected chi connectivity index (χ4v) is 2.77. The summed E-state index contributed by atoms with van der Waals surface area (Å²) in [5, 5.41) is 1.02. The minimum absolute atomic E-state index is 0. The van der Waals surface area contributed by atoms with Gasteiger partial charge in [-0.1, -0.05) is 11.3 Å². The zero-order chi connectivity index (χ0) is 10.1. The molecule has 0 bridgehead atoms. The van der Waals surface area contributed by atoms with Gasteiger partial charge in [0.05, 0.1) is 10.6 Å². The van der Waals surface area contributed by atoms with Gasteiger partial charge < -0.3 is 4.90 Å². The number of hydrogen-bond donors (Lipinski definition) is 0. The maximum Gasteiger partial charge on any atom is 0.186 e. The summed E-state index contributed by atoms with van der Waals surface area (Å²) in [6, 6.07) is 0. The van der Waals surface area contributed by atoms with Gasteiger partial charge in [-0.3, -0.25) is 4.79 Å². The van der Waals surface area contributed by atoms with E-state index in [9.17, 15) is 4.79 Å². The van der Waals surface area contributed by atoms with Crippen molar-refractivity contribution in [3.8, 4) is 0 Å². The molecule has 0 radical (unpaired) electrons. The molecular weight excluding hydrogens is 232 g/mol. The number of rotatable bonds is 2. The third kappa shape index (κ3) is 2.49. The molecule has 3 nitrogen and oxygen atoms in total. The smallest absolute Gasteiger partial charge is 0.186 e. The van der Waals surface area contributed by atoms with E-state index in [4.69, 9.17) is 0 Å². The van der Waals surface area contributed by atoms with Gasteiger partial charge in [0.25, 0.3) is 0 Å². The van der Waals surface area contributed by atoms with E-state index in [0.29, 0.717) is 0 Å². The lowest BCUT2D eigenvalue weighted by atomic mass is 10.3. The fraction of sp³-hybridized carbons (Fsp3) is 0.600. The molecular formula is C10H15ClN2OS. The standard InChI is InChI=1S/C10H14N2OS.ClH/c1-7-9(8(2)13)14-10(11-7)12-5-3-4-6-12;/h3-6H2,1-2H3;1H. The van der Waals surface area contributed by atoms with Crippen molar-refractivity contribution in [2.45, 2.75) is 26.7 Å². The van der Waals surface area contributed by atoms with E-state index in [1.807, 2.05) is 6.92 Å². The molecule has 0 unspecified atom stereocenters. The van der Waals surface area contributed by atoms with Gasteiger partial charge >= 0.3 is 0 Å². The van der Waals surface area contributed by atoms with Crippen LogP contribution in [0.3, 0.4) is 0 Å². The highest BCUT2D eigenvalue weighted by Gasteiger charge is 2.18. The quantitative estimate of drug-likeness (QED) is 0.753. The van der Waals surface area contributed by atoms with Crippen LogP contribution in [0.5, 0.6) is 0 Å². The van der Waals surface area contributed by atoms with E-state index in [0.717, 1.165) is 28.8 Å². The van der Waals surface area contributed by atoms with Crippen molar-refractivity contribution >= 4 is 34.7 Å². The maximum atomic E-state index is 11.2. The lowest BCUT2D eigenvalue weighted by Crippen LogP contribution is -2.17. The Morgan fingerprint density at radius 3 is 2.47 bits per heavy atom. The number of carbonyl (C=O) groups is 1. The number of ketones is 1. The molecule has 0 N–H and O–H groups in total. The zero-order valence-corrected chi connectivity index (χ0v) is 10.6. The van der Waals surface area contributed by atoms with Gasteiger partial charge in [-0.25, -0.2) is 4.98 Å². The van der Waals surface area contributed by atoms with Crippen LogP contribution in [0.15, 0.2) is 0 Å². The van der Waals surface area contributed by atoms with E-state index in [1.165, 1.54) is 24.2 Å². The van der Waals surface area contributed by atoms with Gasteiger partial charge in [-0.05, 0) is 19.8 Å². The SMILES string of the molecule is CC(=O)c1sc(N2CCCC2)nc1C.Cl. The van der Waals surface area contributed by atoms with Crippen molar-refractivity contribution < 1.29 is 4.79 Å². The van der Waals surface area contributed by atoms with Crippen LogP contribution in [0, 0.1) is 6.92 Å². The maximum absolute atomic E-state index is 11.2. The fourth-order valence-electron chi connectivity index (χ4n) is 1.75. The number of thiazole rings is 1. The Morgan fingerprint density at radius 2 is 2.00 bits per heavy atom. The summed E-state index contributed by atoms with van der Waals surface area (Å²) in [5.74, 6) is 0.130. The minimum Gasteiger partial charge on any atom is -0.348 e. The molecule has 0 atom stereocenters. The number of nitrogens with zero attached hydrogens (tertiary/aromatic N) is 2. The average Bonchev–Trinajstić information content (AvgIpc) is 2.70. The summed E-state index contributed by atoms with van der Waals surface area (Å²) in [7, 11) is 0. The molecule has 1 aliphatic rings. The predicted octanol–water partition coefficient (Wildman–Crippen LogP) is 2.68. The highest BCUT2D eigenvalue weighted by Crippen LogP contribution is 2.28. The first-order valence-electron chi connectivity index (χ1n) is 4.92. The third-order valence-electron chi connectivity index (χ3n) is 2.48. The summed E-state index contributed by atoms with van der Waals surface area (Å²) in [5.41, 5.74) is 0.879. The van der Waals surface area contributed by atoms with Crippen molar-refractivity contribution in [2.24, 2.45) is 0 Å². The van der Waals surface area contributed by atoms with Crippen molar-refractivity contribution in [2.75, 3.05) is 18.0 Å². The van der Waals surface area contributed by atoms with Gasteiger partial charge in [-0.2, -0.15) is 0 Å². The molecule has 1 aromatic rings. The molecule has 2 heterocycles. The largest absolute Gasteiger partial charge is 0.348 e. The predicted molar refractivity (Wildman–Crippen MR) is 65.6 cm³/mol. The first kappa shape index (κ1) is 12.5. The van der Waals surface area contributed by atoms with E-state index in [-0.39, 0.29) is 18.2 Å². The zero-order valence-electron chi connectivity index (χ0n) is 8.95. The highest BCUT2D eigenvalue weighted by atomic mass is 35.5. The highest BCUT2D eigenvalue weighted by molar-refractivity contribution is 7.17. The molecule has 15 heavy (non-hydrogen) atoms. The van der Waals surface area contributed by atoms with Crippen LogP contribution in [0.4, 0.5) is 5.13 Å². The number of anilines is 1. The first-order chi connectivity index (χ1) is 6.68. The van der Waals surface area contributed by atoms with Crippen LogP contribution >= 0.6 is 23.7 Å². The van der Waals surface area contributed by atoms with Crippen LogP contribution in [-0.4, -0.2) is 23.9 Å². The normalized spacial score (nSPS) is 15.2. The number of halogens is 1. The molecule has 1 saturated heterocycles. The average molecular weight is 247 g/mol. The van der Waals surface area contributed by atoms with Crippen molar-refractivity contribution in [1.82, 2.24) is 4.98 Å². The third-order valence-corrected chi connectivity index (χ3v) is 3.80. The molecule has 0 spiro atoms. The molecule has 0 aliphatic carbocycles. The summed E-state index contributed by atoms with van der Waals surface area (Å²) >= 11 is 1.53. The molecule has 0 aromatic carbocycles. The number of aromatic nitrogens is 1. The molecule has 5 heteroatoms. The summed E-state index contributed by atoms with van der Waals surface area (Å²) in [6.45, 7) is 5.69. The minimum atomic E-state index is 0.